The molecule has 0 spiro atoms. The Morgan fingerprint density at radius 2 is 1.83 bits per heavy atom. The van der Waals surface area contributed by atoms with Crippen LogP contribution >= 0.6 is 23.1 Å². The fourth-order valence-electron chi connectivity index (χ4n) is 4.09. The van der Waals surface area contributed by atoms with Crippen LogP contribution in [0.15, 0.2) is 57.2 Å². The number of hydrogen-bond donors (Lipinski definition) is 0. The van der Waals surface area contributed by atoms with Gasteiger partial charge >= 0.3 is 0 Å². The van der Waals surface area contributed by atoms with E-state index < -0.39 is 31.8 Å². The molecule has 1 unspecified atom stereocenters. The number of thiazole rings is 1. The Bertz CT molecular complexity index is 1560. The maximum atomic E-state index is 13.3. The maximum Gasteiger partial charge on any atom is 0.266 e. The van der Waals surface area contributed by atoms with E-state index in [4.69, 9.17) is 4.74 Å². The quantitative estimate of drug-likeness (QED) is 0.410. The van der Waals surface area contributed by atoms with Gasteiger partial charge in [0.15, 0.2) is 14.6 Å². The highest BCUT2D eigenvalue weighted by Gasteiger charge is 2.39. The zero-order valence-electron chi connectivity index (χ0n) is 20.1. The Morgan fingerprint density at radius 1 is 1.14 bits per heavy atom. The van der Waals surface area contributed by atoms with Crippen LogP contribution in [0.1, 0.15) is 12.8 Å². The molecular weight excluding hydrogens is 543 g/mol. The SMILES string of the molecule is COc1ccc(S(=O)(=O)N2CCCC2C(=O)N=c2sc3cc(S(C)(=O)=O)ccc3n2CCSC)cc1. The fourth-order valence-corrected chi connectivity index (χ4v) is 7.93. The summed E-state index contributed by atoms with van der Waals surface area (Å²) in [6.07, 6.45) is 4.05. The van der Waals surface area contributed by atoms with Gasteiger partial charge in [0.05, 0.1) is 27.1 Å². The monoisotopic (exact) mass is 569 g/mol. The van der Waals surface area contributed by atoms with Gasteiger partial charge < -0.3 is 9.30 Å². The molecule has 0 N–H and O–H groups in total. The number of benzene rings is 2. The molecule has 194 valence electrons. The van der Waals surface area contributed by atoms with E-state index in [2.05, 4.69) is 4.99 Å². The number of thioether (sulfide) groups is 1. The Balaban J connectivity index is 1.73. The van der Waals surface area contributed by atoms with E-state index in [1.807, 2.05) is 10.8 Å². The summed E-state index contributed by atoms with van der Waals surface area (Å²) < 4.78 is 59.6. The Morgan fingerprint density at radius 3 is 2.47 bits per heavy atom. The third kappa shape index (κ3) is 5.40. The van der Waals surface area contributed by atoms with Crippen molar-refractivity contribution in [3.8, 4) is 5.75 Å². The zero-order chi connectivity index (χ0) is 26.1. The molecule has 0 radical (unpaired) electrons. The van der Waals surface area contributed by atoms with Crippen LogP contribution in [0.4, 0.5) is 0 Å². The second-order valence-electron chi connectivity index (χ2n) is 8.33. The highest BCUT2D eigenvalue weighted by atomic mass is 32.2. The molecule has 1 saturated heterocycles. The van der Waals surface area contributed by atoms with Crippen molar-refractivity contribution in [3.05, 3.63) is 47.3 Å². The van der Waals surface area contributed by atoms with Crippen LogP contribution in [0.3, 0.4) is 0 Å². The van der Waals surface area contributed by atoms with E-state index >= 15 is 0 Å². The van der Waals surface area contributed by atoms with Crippen molar-refractivity contribution >= 4 is 59.1 Å². The van der Waals surface area contributed by atoms with Gasteiger partial charge in [0.2, 0.25) is 10.0 Å². The molecule has 36 heavy (non-hydrogen) atoms. The second-order valence-corrected chi connectivity index (χ2v) is 14.2. The summed E-state index contributed by atoms with van der Waals surface area (Å²) >= 11 is 2.86. The number of aryl methyl sites for hydroxylation is 1. The zero-order valence-corrected chi connectivity index (χ0v) is 23.3. The molecule has 0 saturated carbocycles. The summed E-state index contributed by atoms with van der Waals surface area (Å²) in [5.74, 6) is 0.775. The van der Waals surface area contributed by atoms with Gasteiger partial charge in [-0.25, -0.2) is 16.8 Å². The van der Waals surface area contributed by atoms with E-state index in [1.165, 1.54) is 34.9 Å². The summed E-state index contributed by atoms with van der Waals surface area (Å²) in [6.45, 7) is 0.806. The maximum absolute atomic E-state index is 13.3. The van der Waals surface area contributed by atoms with Gasteiger partial charge in [-0.15, -0.1) is 0 Å². The van der Waals surface area contributed by atoms with E-state index in [-0.39, 0.29) is 16.3 Å². The number of nitrogens with zero attached hydrogens (tertiary/aromatic N) is 3. The topological polar surface area (TPSA) is 115 Å². The van der Waals surface area contributed by atoms with Gasteiger partial charge in [-0.3, -0.25) is 4.79 Å². The van der Waals surface area contributed by atoms with Crippen molar-refractivity contribution in [2.45, 2.75) is 35.2 Å². The van der Waals surface area contributed by atoms with Crippen molar-refractivity contribution in [1.29, 1.82) is 0 Å². The van der Waals surface area contributed by atoms with Gasteiger partial charge in [0.25, 0.3) is 5.91 Å². The first-order valence-corrected chi connectivity index (χ1v) is 16.7. The van der Waals surface area contributed by atoms with Crippen molar-refractivity contribution < 1.29 is 26.4 Å². The van der Waals surface area contributed by atoms with Crippen LogP contribution in [0, 0.1) is 0 Å². The minimum atomic E-state index is -3.90. The molecule has 4 rings (SSSR count). The molecular formula is C23H27N3O6S4. The number of aromatic nitrogens is 1. The van der Waals surface area contributed by atoms with Gasteiger partial charge in [0, 0.05) is 25.1 Å². The number of sulfonamides is 1. The molecule has 9 nitrogen and oxygen atoms in total. The lowest BCUT2D eigenvalue weighted by molar-refractivity contribution is -0.121. The number of carbonyl (C=O) groups is 1. The molecule has 1 aliphatic rings. The standard InChI is InChI=1S/C23H27N3O6S4/c1-32-16-6-8-17(9-7-16)36(30,31)26-12-4-5-20(26)22(27)24-23-25(13-14-33-2)19-11-10-18(35(3,28)29)15-21(19)34-23/h6-11,15,20H,4-5,12-14H2,1-3H3. The van der Waals surface area contributed by atoms with E-state index in [0.717, 1.165) is 17.5 Å². The molecule has 2 aromatic carbocycles. The van der Waals surface area contributed by atoms with Crippen LogP contribution in [0.5, 0.6) is 5.75 Å². The van der Waals surface area contributed by atoms with Gasteiger partial charge in [-0.2, -0.15) is 21.1 Å². The normalized spacial score (nSPS) is 17.6. The number of carbonyl (C=O) groups excluding carboxylic acids is 1. The lowest BCUT2D eigenvalue weighted by atomic mass is 10.2. The Labute approximate surface area is 218 Å². The number of sulfone groups is 1. The molecule has 1 atom stereocenters. The van der Waals surface area contributed by atoms with Crippen molar-refractivity contribution in [1.82, 2.24) is 8.87 Å². The number of rotatable bonds is 8. The van der Waals surface area contributed by atoms with Crippen molar-refractivity contribution in [3.63, 3.8) is 0 Å². The number of hydrogen-bond acceptors (Lipinski definition) is 8. The van der Waals surface area contributed by atoms with Gasteiger partial charge in [0.1, 0.15) is 11.8 Å². The molecule has 3 aromatic rings. The first-order valence-electron chi connectivity index (χ1n) is 11.1. The number of ether oxygens (including phenoxy) is 1. The van der Waals surface area contributed by atoms with Crippen LogP contribution in [-0.4, -0.2) is 69.6 Å². The largest absolute Gasteiger partial charge is 0.497 e. The molecule has 0 bridgehead atoms. The lowest BCUT2D eigenvalue weighted by Crippen LogP contribution is -2.40. The summed E-state index contributed by atoms with van der Waals surface area (Å²) in [4.78, 5) is 18.4. The average Bonchev–Trinajstić information content (AvgIpc) is 3.47. The lowest BCUT2D eigenvalue weighted by Gasteiger charge is -2.21. The summed E-state index contributed by atoms with van der Waals surface area (Å²) in [6, 6.07) is 10.0. The molecule has 0 aliphatic carbocycles. The van der Waals surface area contributed by atoms with Gasteiger partial charge in [-0.1, -0.05) is 11.3 Å². The smallest absolute Gasteiger partial charge is 0.266 e. The molecule has 13 heteroatoms. The molecule has 1 aliphatic heterocycles. The molecule has 1 amide bonds. The predicted molar refractivity (Wildman–Crippen MR) is 142 cm³/mol. The average molecular weight is 570 g/mol. The summed E-state index contributed by atoms with van der Waals surface area (Å²) in [7, 11) is -5.79. The van der Waals surface area contributed by atoms with Crippen molar-refractivity contribution in [2.24, 2.45) is 4.99 Å². The van der Waals surface area contributed by atoms with E-state index in [1.54, 1.807) is 42.1 Å². The highest BCUT2D eigenvalue weighted by Crippen LogP contribution is 2.28. The number of methoxy groups -OCH3 is 1. The molecule has 1 fully saturated rings. The minimum Gasteiger partial charge on any atom is -0.497 e. The molecule has 2 heterocycles. The van der Waals surface area contributed by atoms with Crippen LogP contribution in [-0.2, 0) is 31.2 Å². The number of amides is 1. The molecule has 1 aromatic heterocycles. The first kappa shape index (κ1) is 26.9. The summed E-state index contributed by atoms with van der Waals surface area (Å²) in [5.41, 5.74) is 0.780. The second kappa shape index (κ2) is 10.7. The van der Waals surface area contributed by atoms with Crippen LogP contribution in [0.25, 0.3) is 10.2 Å². The van der Waals surface area contributed by atoms with Crippen molar-refractivity contribution in [2.75, 3.05) is 31.9 Å². The third-order valence-corrected chi connectivity index (χ3v) is 10.6. The summed E-state index contributed by atoms with van der Waals surface area (Å²) in [5, 5.41) is 0. The third-order valence-electron chi connectivity index (χ3n) is 5.96. The Hall–Kier alpha value is -2.19. The number of fused-ring (bicyclic) bond motifs is 1. The predicted octanol–water partition coefficient (Wildman–Crippen LogP) is 2.76. The van der Waals surface area contributed by atoms with Crippen LogP contribution < -0.4 is 9.54 Å². The fraction of sp³-hybridized carbons (Fsp3) is 0.391. The Kier molecular flexibility index (Phi) is 7.95. The first-order chi connectivity index (χ1) is 17.1. The van der Waals surface area contributed by atoms with Crippen LogP contribution in [0.2, 0.25) is 0 Å². The van der Waals surface area contributed by atoms with Gasteiger partial charge in [-0.05, 0) is 61.6 Å². The minimum absolute atomic E-state index is 0.0909. The van der Waals surface area contributed by atoms with E-state index in [0.29, 0.717) is 34.6 Å². The highest BCUT2D eigenvalue weighted by molar-refractivity contribution is 7.98. The van der Waals surface area contributed by atoms with E-state index in [9.17, 15) is 21.6 Å².